The first kappa shape index (κ1) is 18.8. The van der Waals surface area contributed by atoms with Crippen LogP contribution in [-0.2, 0) is 15.6 Å². The molecule has 3 N–H and O–H groups in total. The van der Waals surface area contributed by atoms with E-state index in [2.05, 4.69) is 9.71 Å². The van der Waals surface area contributed by atoms with Crippen LogP contribution in [0.5, 0.6) is 0 Å². The van der Waals surface area contributed by atoms with Gasteiger partial charge >= 0.3 is 0 Å². The predicted molar refractivity (Wildman–Crippen MR) is 108 cm³/mol. The molecule has 2 heterocycles. The third kappa shape index (κ3) is 4.09. The Bertz CT molecular complexity index is 943. The zero-order valence-corrected chi connectivity index (χ0v) is 17.1. The molecular formula is C15H15Cl2N3O2S3. The first-order chi connectivity index (χ1) is 11.7. The van der Waals surface area contributed by atoms with Crippen LogP contribution in [0.1, 0.15) is 18.9 Å². The molecule has 0 aliphatic carbocycles. The first-order valence-electron chi connectivity index (χ1n) is 7.26. The Morgan fingerprint density at radius 3 is 2.72 bits per heavy atom. The first-order valence-corrected chi connectivity index (χ1v) is 11.3. The van der Waals surface area contributed by atoms with E-state index in [1.165, 1.54) is 17.8 Å². The van der Waals surface area contributed by atoms with E-state index >= 15 is 0 Å². The van der Waals surface area contributed by atoms with Crippen LogP contribution >= 0.6 is 46.3 Å². The van der Waals surface area contributed by atoms with Gasteiger partial charge in [0.1, 0.15) is 9.23 Å². The van der Waals surface area contributed by atoms with E-state index < -0.39 is 15.6 Å². The fraction of sp³-hybridized carbons (Fsp3) is 0.267. The second-order valence-corrected chi connectivity index (χ2v) is 10.7. The van der Waals surface area contributed by atoms with E-state index in [4.69, 9.17) is 28.9 Å². The fourth-order valence-corrected chi connectivity index (χ4v) is 6.71. The summed E-state index contributed by atoms with van der Waals surface area (Å²) in [5.41, 5.74) is 6.71. The van der Waals surface area contributed by atoms with Gasteiger partial charge in [0.05, 0.1) is 9.88 Å². The maximum absolute atomic E-state index is 12.6. The molecule has 0 spiro atoms. The van der Waals surface area contributed by atoms with Crippen LogP contribution in [0.25, 0.3) is 0 Å². The number of nitrogens with two attached hydrogens (primary N) is 1. The zero-order valence-electron chi connectivity index (χ0n) is 13.1. The minimum absolute atomic E-state index is 0.0305. The SMILES string of the molecule is CC1(c2cccc(NS(=O)(=O)c3cc(Cl)sc3Cl)c2)CCSC(N)=N1. The van der Waals surface area contributed by atoms with Crippen molar-refractivity contribution in [2.45, 2.75) is 23.8 Å². The molecule has 10 heteroatoms. The quantitative estimate of drug-likeness (QED) is 0.738. The number of hydrogen-bond acceptors (Lipinski definition) is 6. The van der Waals surface area contributed by atoms with Gasteiger partial charge in [-0.2, -0.15) is 0 Å². The third-order valence-corrected chi connectivity index (χ3v) is 7.78. The van der Waals surface area contributed by atoms with Gasteiger partial charge in [-0.3, -0.25) is 9.71 Å². The summed E-state index contributed by atoms with van der Waals surface area (Å²) in [4.78, 5) is 4.51. The van der Waals surface area contributed by atoms with Crippen molar-refractivity contribution in [1.82, 2.24) is 0 Å². The van der Waals surface area contributed by atoms with Crippen molar-refractivity contribution in [3.63, 3.8) is 0 Å². The molecule has 5 nitrogen and oxygen atoms in total. The third-order valence-electron chi connectivity index (χ3n) is 3.85. The molecule has 3 rings (SSSR count). The lowest BCUT2D eigenvalue weighted by atomic mass is 9.89. The largest absolute Gasteiger partial charge is 0.379 e. The number of thioether (sulfide) groups is 1. The van der Waals surface area contributed by atoms with Crippen molar-refractivity contribution in [3.8, 4) is 0 Å². The highest BCUT2D eigenvalue weighted by atomic mass is 35.5. The van der Waals surface area contributed by atoms with E-state index in [1.54, 1.807) is 18.2 Å². The summed E-state index contributed by atoms with van der Waals surface area (Å²) in [5, 5.41) is 0.541. The summed E-state index contributed by atoms with van der Waals surface area (Å²) < 4.78 is 28.1. The second-order valence-electron chi connectivity index (χ2n) is 5.70. The number of nitrogens with one attached hydrogen (secondary N) is 1. The number of benzene rings is 1. The molecular weight excluding hydrogens is 421 g/mol. The fourth-order valence-electron chi connectivity index (χ4n) is 2.53. The molecule has 1 aromatic heterocycles. The molecule has 1 atom stereocenters. The van der Waals surface area contributed by atoms with Crippen molar-refractivity contribution in [2.75, 3.05) is 10.5 Å². The van der Waals surface area contributed by atoms with Crippen LogP contribution in [0, 0.1) is 0 Å². The molecule has 0 bridgehead atoms. The Morgan fingerprint density at radius 2 is 2.08 bits per heavy atom. The summed E-state index contributed by atoms with van der Waals surface area (Å²) in [6, 6.07) is 8.49. The maximum atomic E-state index is 12.6. The number of amidine groups is 1. The van der Waals surface area contributed by atoms with Gasteiger partial charge in [0.25, 0.3) is 10.0 Å². The molecule has 0 saturated heterocycles. The van der Waals surface area contributed by atoms with Gasteiger partial charge in [-0.25, -0.2) is 8.42 Å². The Hall–Kier alpha value is -0.930. The number of aliphatic imine (C=N–C) groups is 1. The van der Waals surface area contributed by atoms with Crippen LogP contribution in [0.4, 0.5) is 5.69 Å². The molecule has 0 saturated carbocycles. The average molecular weight is 436 g/mol. The Kier molecular flexibility index (Phi) is 5.28. The molecule has 25 heavy (non-hydrogen) atoms. The maximum Gasteiger partial charge on any atom is 0.264 e. The van der Waals surface area contributed by atoms with Crippen LogP contribution in [0.3, 0.4) is 0 Å². The van der Waals surface area contributed by atoms with Crippen molar-refractivity contribution in [2.24, 2.45) is 10.7 Å². The lowest BCUT2D eigenvalue weighted by Gasteiger charge is -2.30. The highest BCUT2D eigenvalue weighted by Crippen LogP contribution is 2.37. The van der Waals surface area contributed by atoms with Gasteiger partial charge in [-0.1, -0.05) is 47.1 Å². The Labute approximate surface area is 164 Å². The molecule has 0 amide bonds. The molecule has 0 fully saturated rings. The second kappa shape index (κ2) is 7.00. The van der Waals surface area contributed by atoms with Gasteiger partial charge in [0, 0.05) is 11.4 Å². The number of sulfonamides is 1. The molecule has 1 aromatic carbocycles. The number of nitrogens with zero attached hydrogens (tertiary/aromatic N) is 1. The zero-order chi connectivity index (χ0) is 18.2. The highest BCUT2D eigenvalue weighted by molar-refractivity contribution is 8.13. The number of thiophene rings is 1. The normalized spacial score (nSPS) is 21.0. The molecule has 134 valence electrons. The summed E-state index contributed by atoms with van der Waals surface area (Å²) in [6.07, 6.45) is 0.820. The lowest BCUT2D eigenvalue weighted by Crippen LogP contribution is -2.28. The topological polar surface area (TPSA) is 84.5 Å². The van der Waals surface area contributed by atoms with E-state index in [9.17, 15) is 8.42 Å². The summed E-state index contributed by atoms with van der Waals surface area (Å²) in [5.74, 6) is 0.866. The van der Waals surface area contributed by atoms with Crippen LogP contribution < -0.4 is 10.5 Å². The molecule has 1 unspecified atom stereocenters. The van der Waals surface area contributed by atoms with Gasteiger partial charge in [0.2, 0.25) is 0 Å². The lowest BCUT2D eigenvalue weighted by molar-refractivity contribution is 0.482. The van der Waals surface area contributed by atoms with Gasteiger partial charge in [0.15, 0.2) is 5.17 Å². The highest BCUT2D eigenvalue weighted by Gasteiger charge is 2.30. The van der Waals surface area contributed by atoms with E-state index in [1.807, 2.05) is 13.0 Å². The number of hydrogen-bond donors (Lipinski definition) is 2. The monoisotopic (exact) mass is 435 g/mol. The Morgan fingerprint density at radius 1 is 1.32 bits per heavy atom. The molecule has 0 radical (unpaired) electrons. The van der Waals surface area contributed by atoms with Gasteiger partial charge in [-0.15, -0.1) is 11.3 Å². The predicted octanol–water partition coefficient (Wildman–Crippen LogP) is 4.52. The number of rotatable bonds is 4. The minimum Gasteiger partial charge on any atom is -0.379 e. The van der Waals surface area contributed by atoms with Crippen LogP contribution in [0.2, 0.25) is 8.67 Å². The van der Waals surface area contributed by atoms with E-state index in [0.717, 1.165) is 29.1 Å². The summed E-state index contributed by atoms with van der Waals surface area (Å²) in [6.45, 7) is 1.99. The van der Waals surface area contributed by atoms with Crippen molar-refractivity contribution < 1.29 is 8.42 Å². The van der Waals surface area contributed by atoms with Crippen LogP contribution in [0.15, 0.2) is 40.2 Å². The van der Waals surface area contributed by atoms with Crippen molar-refractivity contribution >= 4 is 67.2 Å². The van der Waals surface area contributed by atoms with Crippen molar-refractivity contribution in [1.29, 1.82) is 0 Å². The molecule has 1 aliphatic heterocycles. The van der Waals surface area contributed by atoms with Gasteiger partial charge < -0.3 is 5.73 Å². The molecule has 1 aliphatic rings. The minimum atomic E-state index is -3.82. The molecule has 2 aromatic rings. The van der Waals surface area contributed by atoms with E-state index in [0.29, 0.717) is 15.2 Å². The standard InChI is InChI=1S/C15H15Cl2N3O2S3/c1-15(5-6-23-14(18)19-15)9-3-2-4-10(7-9)20-25(21,22)11-8-12(16)24-13(11)17/h2-4,7-8,20H,5-6H2,1H3,(H2,18,19). The van der Waals surface area contributed by atoms with Crippen molar-refractivity contribution in [3.05, 3.63) is 44.6 Å². The smallest absolute Gasteiger partial charge is 0.264 e. The number of anilines is 1. The van der Waals surface area contributed by atoms with Crippen LogP contribution in [-0.4, -0.2) is 19.3 Å². The summed E-state index contributed by atoms with van der Waals surface area (Å²) >= 11 is 14.3. The summed E-state index contributed by atoms with van der Waals surface area (Å²) in [7, 11) is -3.82. The average Bonchev–Trinajstić information content (AvgIpc) is 2.86. The number of halogens is 2. The Balaban J connectivity index is 1.92. The van der Waals surface area contributed by atoms with Gasteiger partial charge in [-0.05, 0) is 37.1 Å². The van der Waals surface area contributed by atoms with E-state index in [-0.39, 0.29) is 9.23 Å².